The molecule has 0 radical (unpaired) electrons. The standard InChI is InChI=1S/C3H7O4PS.Na/c1-6-3(9)8(4,5)7-2;/h1-2H3,(H,4,5);/q;+1/p-1. The van der Waals surface area contributed by atoms with Gasteiger partial charge in [0.25, 0.3) is 0 Å². The van der Waals surface area contributed by atoms with Gasteiger partial charge in [-0.15, -0.1) is 0 Å². The largest absolute Gasteiger partial charge is 1.00 e. The Morgan fingerprint density at radius 1 is 1.60 bits per heavy atom. The average molecular weight is 192 g/mol. The third-order valence-corrected chi connectivity index (χ3v) is 2.59. The summed E-state index contributed by atoms with van der Waals surface area (Å²) >= 11 is 4.27. The second kappa shape index (κ2) is 5.66. The van der Waals surface area contributed by atoms with Gasteiger partial charge < -0.3 is 14.2 Å². The second-order valence-corrected chi connectivity index (χ2v) is 3.59. The Morgan fingerprint density at radius 3 is 2.10 bits per heavy atom. The van der Waals surface area contributed by atoms with E-state index < -0.39 is 12.4 Å². The van der Waals surface area contributed by atoms with E-state index in [4.69, 9.17) is 0 Å². The molecule has 1 unspecified atom stereocenters. The predicted molar refractivity (Wildman–Crippen MR) is 34.2 cm³/mol. The minimum Gasteiger partial charge on any atom is -0.772 e. The Kier molecular flexibility index (Phi) is 7.71. The van der Waals surface area contributed by atoms with Crippen LogP contribution in [0.3, 0.4) is 0 Å². The van der Waals surface area contributed by atoms with Gasteiger partial charge in [0, 0.05) is 7.11 Å². The van der Waals surface area contributed by atoms with Crippen LogP contribution in [0.5, 0.6) is 0 Å². The van der Waals surface area contributed by atoms with Crippen molar-refractivity contribution in [2.75, 3.05) is 14.2 Å². The second-order valence-electron chi connectivity index (χ2n) is 1.15. The molecule has 0 bridgehead atoms. The van der Waals surface area contributed by atoms with Gasteiger partial charge in [-0.2, -0.15) is 0 Å². The van der Waals surface area contributed by atoms with Crippen molar-refractivity contribution in [1.82, 2.24) is 0 Å². The number of hydrogen-bond acceptors (Lipinski definition) is 5. The molecule has 0 aliphatic heterocycles. The molecule has 0 saturated carbocycles. The molecule has 0 heterocycles. The zero-order chi connectivity index (χ0) is 7.49. The van der Waals surface area contributed by atoms with E-state index in [2.05, 4.69) is 21.5 Å². The summed E-state index contributed by atoms with van der Waals surface area (Å²) in [6, 6.07) is 0. The summed E-state index contributed by atoms with van der Waals surface area (Å²) < 4.78 is 18.7. The summed E-state index contributed by atoms with van der Waals surface area (Å²) in [7, 11) is -1.81. The Hall–Kier alpha value is 1.04. The normalized spacial score (nSPS) is 14.7. The van der Waals surface area contributed by atoms with Gasteiger partial charge in [0.2, 0.25) is 12.4 Å². The van der Waals surface area contributed by atoms with E-state index >= 15 is 0 Å². The van der Waals surface area contributed by atoms with Gasteiger partial charge in [-0.1, -0.05) is 0 Å². The number of methoxy groups -OCH3 is 1. The molecule has 0 aromatic carbocycles. The first kappa shape index (κ1) is 13.6. The van der Waals surface area contributed by atoms with Crippen molar-refractivity contribution in [2.45, 2.75) is 0 Å². The quantitative estimate of drug-likeness (QED) is 0.267. The molecule has 0 fully saturated rings. The maximum atomic E-state index is 10.5. The molecule has 7 heteroatoms. The molecule has 0 aliphatic rings. The molecule has 0 amide bonds. The molecule has 0 N–H and O–H groups in total. The maximum Gasteiger partial charge on any atom is 1.00 e. The van der Waals surface area contributed by atoms with Crippen molar-refractivity contribution in [2.24, 2.45) is 0 Å². The van der Waals surface area contributed by atoms with Gasteiger partial charge >= 0.3 is 29.6 Å². The molecule has 10 heavy (non-hydrogen) atoms. The first-order valence-corrected chi connectivity index (χ1v) is 3.95. The van der Waals surface area contributed by atoms with Crippen LogP contribution < -0.4 is 34.5 Å². The van der Waals surface area contributed by atoms with Crippen molar-refractivity contribution in [3.8, 4) is 0 Å². The van der Waals surface area contributed by atoms with E-state index in [-0.39, 0.29) is 29.6 Å². The molecule has 0 aliphatic carbocycles. The molecule has 54 valence electrons. The van der Waals surface area contributed by atoms with Crippen LogP contribution in [-0.4, -0.2) is 19.0 Å². The zero-order valence-electron chi connectivity index (χ0n) is 5.99. The summed E-state index contributed by atoms with van der Waals surface area (Å²) in [5, 5.41) is 0. The molecular formula is C3H6NaO4PS. The number of ether oxygens (including phenoxy) is 1. The molecular weight excluding hydrogens is 186 g/mol. The van der Waals surface area contributed by atoms with Crippen LogP contribution in [0.4, 0.5) is 0 Å². The third-order valence-electron chi connectivity index (χ3n) is 0.639. The van der Waals surface area contributed by atoms with E-state index in [1.807, 2.05) is 0 Å². The van der Waals surface area contributed by atoms with Crippen LogP contribution in [0.25, 0.3) is 0 Å². The topological polar surface area (TPSA) is 58.6 Å². The van der Waals surface area contributed by atoms with Crippen LogP contribution in [0.15, 0.2) is 0 Å². The molecule has 0 saturated heterocycles. The Morgan fingerprint density at radius 2 is 2.00 bits per heavy atom. The van der Waals surface area contributed by atoms with Crippen molar-refractivity contribution in [3.63, 3.8) is 0 Å². The molecule has 0 aromatic rings. The smallest absolute Gasteiger partial charge is 0.772 e. The van der Waals surface area contributed by atoms with Crippen molar-refractivity contribution < 1.29 is 48.3 Å². The minimum atomic E-state index is -4.01. The number of hydrogen-bond donors (Lipinski definition) is 0. The fourth-order valence-corrected chi connectivity index (χ4v) is 0.783. The number of rotatable bonds is 2. The summed E-state index contributed by atoms with van der Waals surface area (Å²) in [6.45, 7) is 0. The van der Waals surface area contributed by atoms with Crippen molar-refractivity contribution in [3.05, 3.63) is 0 Å². The Labute approximate surface area is 86.7 Å². The maximum absolute atomic E-state index is 10.5. The van der Waals surface area contributed by atoms with Gasteiger partial charge in [-0.05, 0) is 12.2 Å². The molecule has 1 atom stereocenters. The molecule has 0 aromatic heterocycles. The van der Waals surface area contributed by atoms with Crippen molar-refractivity contribution in [1.29, 1.82) is 0 Å². The first-order chi connectivity index (χ1) is 4.04. The third kappa shape index (κ3) is 4.03. The van der Waals surface area contributed by atoms with Crippen LogP contribution >= 0.6 is 19.8 Å². The predicted octanol–water partition coefficient (Wildman–Crippen LogP) is -2.88. The van der Waals surface area contributed by atoms with Gasteiger partial charge in [-0.3, -0.25) is 4.57 Å². The Balaban J connectivity index is 0. The fourth-order valence-electron chi connectivity index (χ4n) is 0.186. The van der Waals surface area contributed by atoms with Crippen molar-refractivity contribution >= 4 is 24.6 Å². The minimum absolute atomic E-state index is 0. The van der Waals surface area contributed by atoms with E-state index in [1.165, 1.54) is 7.11 Å². The van der Waals surface area contributed by atoms with Gasteiger partial charge in [0.1, 0.15) is 0 Å². The fraction of sp³-hybridized carbons (Fsp3) is 0.667. The van der Waals surface area contributed by atoms with E-state index in [1.54, 1.807) is 0 Å². The Bertz CT molecular complexity index is 161. The summed E-state index contributed by atoms with van der Waals surface area (Å²) in [4.78, 5) is 9.95. The summed E-state index contributed by atoms with van der Waals surface area (Å²) in [5.41, 5.74) is 0. The summed E-state index contributed by atoms with van der Waals surface area (Å²) in [5.74, 6) is 0. The molecule has 0 rings (SSSR count). The van der Waals surface area contributed by atoms with Crippen LogP contribution in [-0.2, 0) is 13.8 Å². The number of thiocarbonyl (C=S) groups is 1. The van der Waals surface area contributed by atoms with Crippen LogP contribution in [0, 0.1) is 0 Å². The first-order valence-electron chi connectivity index (χ1n) is 2.00. The van der Waals surface area contributed by atoms with Gasteiger partial charge in [0.05, 0.1) is 7.11 Å². The van der Waals surface area contributed by atoms with E-state index in [0.29, 0.717) is 0 Å². The zero-order valence-corrected chi connectivity index (χ0v) is 9.70. The van der Waals surface area contributed by atoms with Crippen LogP contribution in [0.1, 0.15) is 0 Å². The summed E-state index contributed by atoms with van der Waals surface area (Å²) in [6.07, 6.45) is 0. The monoisotopic (exact) mass is 192 g/mol. The molecule has 0 spiro atoms. The van der Waals surface area contributed by atoms with E-state index in [0.717, 1.165) is 7.11 Å². The SMILES string of the molecule is COC(=S)P(=O)([O-])OC.[Na+]. The van der Waals surface area contributed by atoms with Gasteiger partial charge in [-0.25, -0.2) is 0 Å². The van der Waals surface area contributed by atoms with E-state index in [9.17, 15) is 9.46 Å². The average Bonchev–Trinajstić information content (AvgIpc) is 1.86. The van der Waals surface area contributed by atoms with Crippen LogP contribution in [0.2, 0.25) is 0 Å². The van der Waals surface area contributed by atoms with Gasteiger partial charge in [0.15, 0.2) is 0 Å². The molecule has 4 nitrogen and oxygen atoms in total.